The highest BCUT2D eigenvalue weighted by Gasteiger charge is 2.25. The lowest BCUT2D eigenvalue weighted by Crippen LogP contribution is -2.32. The molecule has 0 atom stereocenters. The number of rotatable bonds is 13. The smallest absolute Gasteiger partial charge is 0.304 e. The number of carbonyl (C=O) groups is 3. The Bertz CT molecular complexity index is 482. The Morgan fingerprint density at radius 2 is 0.848 bits per heavy atom. The van der Waals surface area contributed by atoms with Crippen molar-refractivity contribution in [1.29, 1.82) is 0 Å². The van der Waals surface area contributed by atoms with E-state index in [-0.39, 0.29) is 19.8 Å². The Hall–Kier alpha value is -1.83. The first kappa shape index (κ1) is 31.2. The van der Waals surface area contributed by atoms with Gasteiger partial charge in [-0.05, 0) is 6.42 Å². The van der Waals surface area contributed by atoms with Crippen LogP contribution in [0, 0.1) is 5.41 Å². The van der Waals surface area contributed by atoms with Gasteiger partial charge in [-0.15, -0.1) is 0 Å². The molecular formula is C21H41N3O9. The van der Waals surface area contributed by atoms with Gasteiger partial charge in [-0.25, -0.2) is 0 Å². The van der Waals surface area contributed by atoms with Crippen LogP contribution in [0.3, 0.4) is 0 Å². The predicted octanol–water partition coefficient (Wildman–Crippen LogP) is -1.31. The largest absolute Gasteiger partial charge is 0.481 e. The van der Waals surface area contributed by atoms with Crippen molar-refractivity contribution in [2.24, 2.45) is 5.41 Å². The minimum Gasteiger partial charge on any atom is -0.481 e. The van der Waals surface area contributed by atoms with Gasteiger partial charge in [-0.1, -0.05) is 6.92 Å². The van der Waals surface area contributed by atoms with Gasteiger partial charge in [0.15, 0.2) is 0 Å². The zero-order chi connectivity index (χ0) is 25.3. The first-order valence-electron chi connectivity index (χ1n) is 11.3. The number of aliphatic hydroxyl groups excluding tert-OH is 3. The van der Waals surface area contributed by atoms with Crippen LogP contribution in [0.2, 0.25) is 0 Å². The topological polar surface area (TPSA) is 182 Å². The minimum atomic E-state index is -0.697. The Morgan fingerprint density at radius 1 is 0.606 bits per heavy atom. The van der Waals surface area contributed by atoms with Crippen LogP contribution in [0.15, 0.2) is 0 Å². The van der Waals surface area contributed by atoms with E-state index in [2.05, 4.69) is 14.7 Å². The molecule has 12 heteroatoms. The van der Waals surface area contributed by atoms with Crippen LogP contribution < -0.4 is 0 Å². The summed E-state index contributed by atoms with van der Waals surface area (Å²) in [6.45, 7) is 10.1. The molecule has 0 spiro atoms. The third kappa shape index (κ3) is 20.5. The van der Waals surface area contributed by atoms with Crippen molar-refractivity contribution in [3.05, 3.63) is 0 Å². The van der Waals surface area contributed by atoms with Crippen LogP contribution in [0.1, 0.15) is 32.6 Å². The highest BCUT2D eigenvalue weighted by atomic mass is 16.4. The molecule has 0 unspecified atom stereocenters. The second-order valence-electron chi connectivity index (χ2n) is 8.28. The maximum Gasteiger partial charge on any atom is 0.304 e. The summed E-state index contributed by atoms with van der Waals surface area (Å²) < 4.78 is 0. The van der Waals surface area contributed by atoms with Crippen molar-refractivity contribution >= 4 is 17.9 Å². The van der Waals surface area contributed by atoms with E-state index in [0.717, 1.165) is 58.9 Å². The molecule has 0 radical (unpaired) electrons. The summed E-state index contributed by atoms with van der Waals surface area (Å²) in [5, 5.41) is 50.5. The molecule has 12 nitrogen and oxygen atoms in total. The van der Waals surface area contributed by atoms with Crippen molar-refractivity contribution in [2.45, 2.75) is 32.6 Å². The first-order chi connectivity index (χ1) is 15.6. The predicted molar refractivity (Wildman–Crippen MR) is 120 cm³/mol. The Kier molecular flexibility index (Phi) is 16.6. The van der Waals surface area contributed by atoms with E-state index in [1.807, 2.05) is 6.92 Å². The van der Waals surface area contributed by atoms with Crippen LogP contribution in [-0.2, 0) is 14.4 Å². The highest BCUT2D eigenvalue weighted by molar-refractivity contribution is 5.67. The molecule has 194 valence electrons. The van der Waals surface area contributed by atoms with E-state index in [4.69, 9.17) is 30.6 Å². The van der Waals surface area contributed by atoms with E-state index >= 15 is 0 Å². The fourth-order valence-corrected chi connectivity index (χ4v) is 2.13. The third-order valence-corrected chi connectivity index (χ3v) is 5.30. The molecule has 6 N–H and O–H groups in total. The molecule has 0 aromatic heterocycles. The van der Waals surface area contributed by atoms with Crippen LogP contribution in [0.5, 0.6) is 0 Å². The molecule has 0 bridgehead atoms. The van der Waals surface area contributed by atoms with E-state index in [1.54, 1.807) is 0 Å². The number of aliphatic hydroxyl groups is 3. The summed E-state index contributed by atoms with van der Waals surface area (Å²) in [4.78, 5) is 36.0. The third-order valence-electron chi connectivity index (χ3n) is 5.30. The van der Waals surface area contributed by atoms with E-state index in [9.17, 15) is 14.4 Å². The van der Waals surface area contributed by atoms with Crippen molar-refractivity contribution in [2.75, 3.05) is 78.7 Å². The van der Waals surface area contributed by atoms with E-state index in [0.29, 0.717) is 25.7 Å². The van der Waals surface area contributed by atoms with Gasteiger partial charge in [0.05, 0.1) is 39.1 Å². The minimum absolute atomic E-state index is 0.156. The average Bonchev–Trinajstić information content (AvgIpc) is 3.66. The number of nitrogens with zero attached hydrogens (tertiary/aromatic N) is 3. The molecule has 3 aliphatic heterocycles. The number of carboxylic acids is 3. The lowest BCUT2D eigenvalue weighted by atomic mass is 9.88. The van der Waals surface area contributed by atoms with Gasteiger partial charge in [-0.2, -0.15) is 0 Å². The fourth-order valence-electron chi connectivity index (χ4n) is 2.13. The zero-order valence-electron chi connectivity index (χ0n) is 19.6. The molecule has 3 heterocycles. The second-order valence-corrected chi connectivity index (χ2v) is 8.28. The number of hydrogen-bond acceptors (Lipinski definition) is 9. The molecule has 3 saturated heterocycles. The van der Waals surface area contributed by atoms with Gasteiger partial charge in [0.1, 0.15) is 0 Å². The summed E-state index contributed by atoms with van der Waals surface area (Å²) >= 11 is 0. The highest BCUT2D eigenvalue weighted by Crippen LogP contribution is 2.18. The SMILES string of the molecule is CCC(CO)(CO)CO.O=C(O)CCN1CC1.O=C(O)CCN1CC1.O=C(O)CCN1CC1. The van der Waals surface area contributed by atoms with E-state index < -0.39 is 23.3 Å². The summed E-state index contributed by atoms with van der Waals surface area (Å²) in [7, 11) is 0. The molecule has 0 amide bonds. The zero-order valence-corrected chi connectivity index (χ0v) is 19.6. The van der Waals surface area contributed by atoms with Crippen LogP contribution in [-0.4, -0.2) is 142 Å². The summed E-state index contributed by atoms with van der Waals surface area (Å²) in [6.07, 6.45) is 1.47. The van der Waals surface area contributed by atoms with Crippen LogP contribution >= 0.6 is 0 Å². The lowest BCUT2D eigenvalue weighted by molar-refractivity contribution is -0.138. The van der Waals surface area contributed by atoms with Gasteiger partial charge in [0.25, 0.3) is 0 Å². The molecule has 3 aliphatic rings. The van der Waals surface area contributed by atoms with Crippen LogP contribution in [0.25, 0.3) is 0 Å². The standard InChI is InChI=1S/C6H14O3.3C5H9NO2/c1-2-6(3-7,4-8)5-9;3*7-5(8)1-2-6-3-4-6/h7-9H,2-5H2,1H3;3*1-4H2,(H,7,8). The van der Waals surface area contributed by atoms with Gasteiger partial charge >= 0.3 is 17.9 Å². The number of hydrogen-bond donors (Lipinski definition) is 6. The van der Waals surface area contributed by atoms with Crippen LogP contribution in [0.4, 0.5) is 0 Å². The van der Waals surface area contributed by atoms with Gasteiger partial charge in [0.2, 0.25) is 0 Å². The van der Waals surface area contributed by atoms with Crippen molar-refractivity contribution in [3.63, 3.8) is 0 Å². The Morgan fingerprint density at radius 3 is 0.939 bits per heavy atom. The molecule has 3 rings (SSSR count). The monoisotopic (exact) mass is 479 g/mol. The van der Waals surface area contributed by atoms with Crippen molar-refractivity contribution in [3.8, 4) is 0 Å². The molecule has 0 saturated carbocycles. The Labute approximate surface area is 195 Å². The second kappa shape index (κ2) is 17.6. The normalized spacial score (nSPS) is 16.7. The molecule has 0 aromatic rings. The molecule has 3 fully saturated rings. The van der Waals surface area contributed by atoms with Crippen molar-refractivity contribution < 1.29 is 45.0 Å². The average molecular weight is 480 g/mol. The van der Waals surface area contributed by atoms with Gasteiger partial charge in [-0.3, -0.25) is 14.4 Å². The van der Waals surface area contributed by atoms with Crippen molar-refractivity contribution in [1.82, 2.24) is 14.7 Å². The Balaban J connectivity index is 0.000000414. The fraction of sp³-hybridized carbons (Fsp3) is 0.857. The van der Waals surface area contributed by atoms with Gasteiger partial charge in [0, 0.05) is 64.3 Å². The molecule has 33 heavy (non-hydrogen) atoms. The van der Waals surface area contributed by atoms with Gasteiger partial charge < -0.3 is 45.3 Å². The summed E-state index contributed by atoms with van der Waals surface area (Å²) in [5.74, 6) is -2.09. The molecule has 0 aliphatic carbocycles. The maximum absolute atomic E-state index is 9.90. The summed E-state index contributed by atoms with van der Waals surface area (Å²) in [6, 6.07) is 0. The first-order valence-corrected chi connectivity index (χ1v) is 11.3. The quantitative estimate of drug-likeness (QED) is 0.172. The number of aliphatic carboxylic acids is 3. The maximum atomic E-state index is 9.90. The number of carboxylic acid groups (broad SMARTS) is 3. The van der Waals surface area contributed by atoms with E-state index in [1.165, 1.54) is 0 Å². The molecule has 0 aromatic carbocycles. The molecular weight excluding hydrogens is 438 g/mol. The summed E-state index contributed by atoms with van der Waals surface area (Å²) in [5.41, 5.74) is -0.667. The lowest BCUT2D eigenvalue weighted by Gasteiger charge is -2.24.